The van der Waals surface area contributed by atoms with Crippen LogP contribution in [0.3, 0.4) is 0 Å². The van der Waals surface area contributed by atoms with E-state index in [1.54, 1.807) is 0 Å². The number of halogens is 2. The molecule has 1 atom stereocenters. The van der Waals surface area contributed by atoms with E-state index in [1.165, 1.54) is 0 Å². The van der Waals surface area contributed by atoms with E-state index in [1.807, 2.05) is 0 Å². The summed E-state index contributed by atoms with van der Waals surface area (Å²) < 4.78 is 12.3. The molecule has 2 heteroatoms. The van der Waals surface area contributed by atoms with Gasteiger partial charge in [0, 0.05) is 5.33 Å². The Morgan fingerprint density at radius 1 is 1.62 bits per heavy atom. The predicted molar refractivity (Wildman–Crippen MR) is 38.2 cm³/mol. The smallest absolute Gasteiger partial charge is 0.110 e. The maximum Gasteiger partial charge on any atom is 0.110 e. The van der Waals surface area contributed by atoms with Gasteiger partial charge in [-0.3, -0.25) is 0 Å². The van der Waals surface area contributed by atoms with Crippen LogP contribution in [0.5, 0.6) is 0 Å². The first-order valence-corrected chi connectivity index (χ1v) is 4.13. The summed E-state index contributed by atoms with van der Waals surface area (Å²) in [6.45, 7) is 2.07. The van der Waals surface area contributed by atoms with E-state index in [-0.39, 0.29) is 0 Å². The normalized spacial score (nSPS) is 13.9. The van der Waals surface area contributed by atoms with E-state index in [2.05, 4.69) is 22.9 Å². The molecule has 0 aromatic heterocycles. The Balaban J connectivity index is 2.86. The highest BCUT2D eigenvalue weighted by Gasteiger charge is 2.00. The first-order chi connectivity index (χ1) is 3.81. The maximum atomic E-state index is 12.3. The van der Waals surface area contributed by atoms with Crippen molar-refractivity contribution in [2.45, 2.75) is 32.4 Å². The van der Waals surface area contributed by atoms with Gasteiger partial charge in [-0.25, -0.2) is 4.39 Å². The van der Waals surface area contributed by atoms with Crippen LogP contribution >= 0.6 is 15.9 Å². The molecule has 0 N–H and O–H groups in total. The van der Waals surface area contributed by atoms with Crippen LogP contribution in [0.4, 0.5) is 4.39 Å². The highest BCUT2D eigenvalue weighted by atomic mass is 79.9. The summed E-state index contributed by atoms with van der Waals surface area (Å²) in [5, 5.41) is 0.493. The lowest BCUT2D eigenvalue weighted by molar-refractivity contribution is 0.341. The lowest BCUT2D eigenvalue weighted by atomic mass is 10.2. The molecule has 0 aromatic carbocycles. The van der Waals surface area contributed by atoms with E-state index in [0.717, 1.165) is 12.8 Å². The highest BCUT2D eigenvalue weighted by molar-refractivity contribution is 9.09. The van der Waals surface area contributed by atoms with Crippen LogP contribution in [0.2, 0.25) is 0 Å². The van der Waals surface area contributed by atoms with Crippen LogP contribution in [0, 0.1) is 0 Å². The molecular weight excluding hydrogens is 171 g/mol. The highest BCUT2D eigenvalue weighted by Crippen LogP contribution is 2.06. The van der Waals surface area contributed by atoms with Gasteiger partial charge in [0.1, 0.15) is 6.17 Å². The third-order valence-corrected chi connectivity index (χ3v) is 1.74. The fraction of sp³-hybridized carbons (Fsp3) is 1.00. The molecule has 0 aliphatic carbocycles. The zero-order valence-corrected chi connectivity index (χ0v) is 6.75. The molecule has 0 heterocycles. The molecule has 0 saturated carbocycles. The molecule has 0 fully saturated rings. The van der Waals surface area contributed by atoms with Gasteiger partial charge in [-0.05, 0) is 6.42 Å². The molecule has 0 aromatic rings. The number of alkyl halides is 2. The van der Waals surface area contributed by atoms with Gasteiger partial charge in [0.05, 0.1) is 0 Å². The lowest BCUT2D eigenvalue weighted by Gasteiger charge is -1.99. The Bertz CT molecular complexity index is 47.8. The van der Waals surface area contributed by atoms with Crippen molar-refractivity contribution in [2.75, 3.05) is 5.33 Å². The van der Waals surface area contributed by atoms with Gasteiger partial charge in [0.25, 0.3) is 0 Å². The molecule has 0 amide bonds. The monoisotopic (exact) mass is 182 g/mol. The van der Waals surface area contributed by atoms with Crippen LogP contribution in [-0.4, -0.2) is 11.5 Å². The molecule has 8 heavy (non-hydrogen) atoms. The second-order valence-corrected chi connectivity index (χ2v) is 2.54. The van der Waals surface area contributed by atoms with Gasteiger partial charge in [-0.1, -0.05) is 35.7 Å². The lowest BCUT2D eigenvalue weighted by Crippen LogP contribution is -1.99. The van der Waals surface area contributed by atoms with E-state index in [9.17, 15) is 4.39 Å². The molecule has 0 bridgehead atoms. The average molecular weight is 183 g/mol. The van der Waals surface area contributed by atoms with Gasteiger partial charge in [0.2, 0.25) is 0 Å². The summed E-state index contributed by atoms with van der Waals surface area (Å²) in [4.78, 5) is 0. The first-order valence-electron chi connectivity index (χ1n) is 3.01. The van der Waals surface area contributed by atoms with Crippen LogP contribution in [0.15, 0.2) is 0 Å². The molecule has 0 radical (unpaired) electrons. The Kier molecular flexibility index (Phi) is 5.83. The van der Waals surface area contributed by atoms with Crippen molar-refractivity contribution in [1.82, 2.24) is 0 Å². The van der Waals surface area contributed by atoms with Crippen molar-refractivity contribution < 1.29 is 4.39 Å². The molecule has 50 valence electrons. The quantitative estimate of drug-likeness (QED) is 0.588. The second-order valence-electron chi connectivity index (χ2n) is 1.89. The minimum Gasteiger partial charge on any atom is -0.247 e. The Hall–Kier alpha value is 0.410. The van der Waals surface area contributed by atoms with Crippen LogP contribution in [0.1, 0.15) is 26.2 Å². The average Bonchev–Trinajstić information content (AvgIpc) is 1.83. The zero-order chi connectivity index (χ0) is 6.41. The number of hydrogen-bond donors (Lipinski definition) is 0. The van der Waals surface area contributed by atoms with Crippen molar-refractivity contribution in [2.24, 2.45) is 0 Å². The molecule has 0 aliphatic rings. The first kappa shape index (κ1) is 8.41. The minimum atomic E-state index is -0.630. The third kappa shape index (κ3) is 4.57. The number of rotatable bonds is 4. The van der Waals surface area contributed by atoms with Gasteiger partial charge in [-0.15, -0.1) is 0 Å². The topological polar surface area (TPSA) is 0 Å². The van der Waals surface area contributed by atoms with Crippen molar-refractivity contribution >= 4 is 15.9 Å². The van der Waals surface area contributed by atoms with Gasteiger partial charge in [-0.2, -0.15) is 0 Å². The van der Waals surface area contributed by atoms with E-state index >= 15 is 0 Å². The van der Waals surface area contributed by atoms with Crippen LogP contribution in [0.25, 0.3) is 0 Å². The summed E-state index contributed by atoms with van der Waals surface area (Å²) >= 11 is 3.07. The van der Waals surface area contributed by atoms with Gasteiger partial charge >= 0.3 is 0 Å². The third-order valence-electron chi connectivity index (χ3n) is 1.04. The van der Waals surface area contributed by atoms with Crippen molar-refractivity contribution in [1.29, 1.82) is 0 Å². The SMILES string of the molecule is CCCCC(F)CBr. The number of unbranched alkanes of at least 4 members (excludes halogenated alkanes) is 1. The summed E-state index contributed by atoms with van der Waals surface area (Å²) in [6, 6.07) is 0. The fourth-order valence-corrected chi connectivity index (χ4v) is 0.827. The van der Waals surface area contributed by atoms with E-state index in [0.29, 0.717) is 11.8 Å². The van der Waals surface area contributed by atoms with E-state index in [4.69, 9.17) is 0 Å². The Morgan fingerprint density at radius 3 is 2.62 bits per heavy atom. The minimum absolute atomic E-state index is 0.493. The van der Waals surface area contributed by atoms with Crippen molar-refractivity contribution in [3.8, 4) is 0 Å². The molecule has 0 nitrogen and oxygen atoms in total. The Morgan fingerprint density at radius 2 is 2.25 bits per heavy atom. The van der Waals surface area contributed by atoms with Gasteiger partial charge < -0.3 is 0 Å². The molecule has 0 rings (SSSR count). The molecule has 0 aliphatic heterocycles. The summed E-state index contributed by atoms with van der Waals surface area (Å²) in [5.74, 6) is 0. The number of hydrogen-bond acceptors (Lipinski definition) is 0. The largest absolute Gasteiger partial charge is 0.247 e. The Labute approximate surface area is 58.6 Å². The summed E-state index contributed by atoms with van der Waals surface area (Å²) in [7, 11) is 0. The van der Waals surface area contributed by atoms with Crippen molar-refractivity contribution in [3.05, 3.63) is 0 Å². The van der Waals surface area contributed by atoms with Crippen LogP contribution in [-0.2, 0) is 0 Å². The predicted octanol–water partition coefficient (Wildman–Crippen LogP) is 2.91. The zero-order valence-electron chi connectivity index (χ0n) is 5.16. The standard InChI is InChI=1S/C6H12BrF/c1-2-3-4-6(8)5-7/h6H,2-5H2,1H3. The second kappa shape index (κ2) is 5.54. The van der Waals surface area contributed by atoms with Crippen molar-refractivity contribution in [3.63, 3.8) is 0 Å². The summed E-state index contributed by atoms with van der Waals surface area (Å²) in [6.07, 6.45) is 2.18. The molecular formula is C6H12BrF. The van der Waals surface area contributed by atoms with Gasteiger partial charge in [0.15, 0.2) is 0 Å². The molecule has 0 spiro atoms. The molecule has 0 saturated heterocycles. The summed E-state index contributed by atoms with van der Waals surface area (Å²) in [5.41, 5.74) is 0. The maximum absolute atomic E-state index is 12.3. The fourth-order valence-electron chi connectivity index (χ4n) is 0.503. The molecule has 1 unspecified atom stereocenters. The van der Waals surface area contributed by atoms with E-state index < -0.39 is 6.17 Å². The van der Waals surface area contributed by atoms with Crippen LogP contribution < -0.4 is 0 Å².